The molecule has 0 heterocycles. The van der Waals surface area contributed by atoms with Crippen LogP contribution in [-0.4, -0.2) is 24.9 Å². The second-order valence-corrected chi connectivity index (χ2v) is 3.73. The smallest absolute Gasteiger partial charge is 0.115 e. The van der Waals surface area contributed by atoms with E-state index in [9.17, 15) is 0 Å². The average Bonchev–Trinajstić information content (AvgIpc) is 2.30. The van der Waals surface area contributed by atoms with Gasteiger partial charge < -0.3 is 15.2 Å². The first-order chi connectivity index (χ1) is 7.83. The fraction of sp³-hybridized carbons (Fsp3) is 0.538. The van der Waals surface area contributed by atoms with E-state index in [-0.39, 0.29) is 0 Å². The lowest BCUT2D eigenvalue weighted by molar-refractivity contribution is 0.143. The zero-order valence-electron chi connectivity index (χ0n) is 9.91. The van der Waals surface area contributed by atoms with Crippen molar-refractivity contribution in [1.29, 1.82) is 0 Å². The summed E-state index contributed by atoms with van der Waals surface area (Å²) in [5.41, 5.74) is 1.06. The molecule has 0 radical (unpaired) electrons. The van der Waals surface area contributed by atoms with Gasteiger partial charge in [-0.2, -0.15) is 0 Å². The van der Waals surface area contributed by atoms with Crippen LogP contribution in [0.4, 0.5) is 5.69 Å². The maximum atomic E-state index is 9.11. The lowest BCUT2D eigenvalue weighted by Gasteiger charge is -2.06. The fourth-order valence-electron chi connectivity index (χ4n) is 1.46. The summed E-state index contributed by atoms with van der Waals surface area (Å²) in [5.74, 6) is 0.308. The van der Waals surface area contributed by atoms with Crippen molar-refractivity contribution in [2.45, 2.75) is 26.2 Å². The SMILES string of the molecule is CCOCCCCCNc1ccc(O)cc1. The number of phenols is 1. The zero-order valence-corrected chi connectivity index (χ0v) is 9.91. The number of rotatable bonds is 8. The van der Waals surface area contributed by atoms with Gasteiger partial charge in [0.1, 0.15) is 5.75 Å². The minimum atomic E-state index is 0.308. The van der Waals surface area contributed by atoms with Crippen LogP contribution in [0.2, 0.25) is 0 Å². The number of ether oxygens (including phenoxy) is 1. The van der Waals surface area contributed by atoms with Gasteiger partial charge in [0.05, 0.1) is 0 Å². The summed E-state index contributed by atoms with van der Waals surface area (Å²) < 4.78 is 5.26. The van der Waals surface area contributed by atoms with Crippen LogP contribution in [0.3, 0.4) is 0 Å². The molecule has 3 nitrogen and oxygen atoms in total. The highest BCUT2D eigenvalue weighted by molar-refractivity contribution is 5.45. The van der Waals surface area contributed by atoms with Crippen molar-refractivity contribution in [1.82, 2.24) is 0 Å². The number of anilines is 1. The van der Waals surface area contributed by atoms with Gasteiger partial charge in [-0.15, -0.1) is 0 Å². The van der Waals surface area contributed by atoms with Gasteiger partial charge in [-0.3, -0.25) is 0 Å². The summed E-state index contributed by atoms with van der Waals surface area (Å²) in [5, 5.41) is 12.4. The van der Waals surface area contributed by atoms with Crippen LogP contribution in [0, 0.1) is 0 Å². The van der Waals surface area contributed by atoms with Gasteiger partial charge in [-0.25, -0.2) is 0 Å². The number of hydrogen-bond donors (Lipinski definition) is 2. The molecule has 0 aliphatic heterocycles. The number of aromatic hydroxyl groups is 1. The Bertz CT molecular complexity index is 272. The van der Waals surface area contributed by atoms with E-state index in [0.717, 1.165) is 38.3 Å². The Kier molecular flexibility index (Phi) is 6.42. The van der Waals surface area contributed by atoms with Gasteiger partial charge >= 0.3 is 0 Å². The average molecular weight is 223 g/mol. The molecule has 0 aliphatic rings. The largest absolute Gasteiger partial charge is 0.508 e. The van der Waals surface area contributed by atoms with Crippen molar-refractivity contribution in [3.8, 4) is 5.75 Å². The third kappa shape index (κ3) is 5.61. The molecule has 0 bridgehead atoms. The van der Waals surface area contributed by atoms with E-state index < -0.39 is 0 Å². The lowest BCUT2D eigenvalue weighted by atomic mass is 10.2. The Hall–Kier alpha value is -1.22. The molecule has 16 heavy (non-hydrogen) atoms. The highest BCUT2D eigenvalue weighted by atomic mass is 16.5. The molecule has 0 unspecified atom stereocenters. The van der Waals surface area contributed by atoms with Crippen LogP contribution in [0.5, 0.6) is 5.75 Å². The molecule has 0 amide bonds. The number of benzene rings is 1. The molecule has 0 aliphatic carbocycles. The number of unbranched alkanes of at least 4 members (excludes halogenated alkanes) is 2. The Labute approximate surface area is 97.4 Å². The summed E-state index contributed by atoms with van der Waals surface area (Å²) in [7, 11) is 0. The minimum Gasteiger partial charge on any atom is -0.508 e. The molecule has 1 aromatic carbocycles. The molecule has 0 atom stereocenters. The van der Waals surface area contributed by atoms with Crippen molar-refractivity contribution in [3.63, 3.8) is 0 Å². The number of phenolic OH excluding ortho intramolecular Hbond substituents is 1. The van der Waals surface area contributed by atoms with Crippen molar-refractivity contribution in [2.24, 2.45) is 0 Å². The minimum absolute atomic E-state index is 0.308. The summed E-state index contributed by atoms with van der Waals surface area (Å²) in [6.07, 6.45) is 3.46. The van der Waals surface area contributed by atoms with Crippen molar-refractivity contribution < 1.29 is 9.84 Å². The molecule has 0 saturated heterocycles. The standard InChI is InChI=1S/C13H21NO2/c1-2-16-11-5-3-4-10-14-12-6-8-13(15)9-7-12/h6-9,14-15H,2-5,10-11H2,1H3. The third-order valence-corrected chi connectivity index (χ3v) is 2.37. The summed E-state index contributed by atoms with van der Waals surface area (Å²) >= 11 is 0. The van der Waals surface area contributed by atoms with Crippen molar-refractivity contribution >= 4 is 5.69 Å². The van der Waals surface area contributed by atoms with Crippen LogP contribution in [-0.2, 0) is 4.74 Å². The first-order valence-electron chi connectivity index (χ1n) is 5.93. The highest BCUT2D eigenvalue weighted by Gasteiger charge is 1.93. The molecule has 2 N–H and O–H groups in total. The first kappa shape index (κ1) is 12.8. The van der Waals surface area contributed by atoms with Crippen molar-refractivity contribution in [2.75, 3.05) is 25.1 Å². The molecule has 0 saturated carbocycles. The molecule has 3 heteroatoms. The maximum absolute atomic E-state index is 9.11. The topological polar surface area (TPSA) is 41.5 Å². The Balaban J connectivity index is 2.01. The zero-order chi connectivity index (χ0) is 11.6. The van der Waals surface area contributed by atoms with E-state index in [1.807, 2.05) is 19.1 Å². The second kappa shape index (κ2) is 7.99. The van der Waals surface area contributed by atoms with Crippen LogP contribution in [0.1, 0.15) is 26.2 Å². The van der Waals surface area contributed by atoms with E-state index >= 15 is 0 Å². The van der Waals surface area contributed by atoms with Gasteiger partial charge in [0.15, 0.2) is 0 Å². The van der Waals surface area contributed by atoms with E-state index in [0.29, 0.717) is 5.75 Å². The molecule has 90 valence electrons. The van der Waals surface area contributed by atoms with Gasteiger partial charge in [0.25, 0.3) is 0 Å². The Morgan fingerprint density at radius 1 is 1.12 bits per heavy atom. The molecule has 1 rings (SSSR count). The third-order valence-electron chi connectivity index (χ3n) is 2.37. The highest BCUT2D eigenvalue weighted by Crippen LogP contribution is 2.13. The number of hydrogen-bond acceptors (Lipinski definition) is 3. The van der Waals surface area contributed by atoms with Gasteiger partial charge in [-0.05, 0) is 50.5 Å². The van der Waals surface area contributed by atoms with Crippen molar-refractivity contribution in [3.05, 3.63) is 24.3 Å². The van der Waals surface area contributed by atoms with Crippen LogP contribution < -0.4 is 5.32 Å². The molecule has 1 aromatic rings. The number of nitrogens with one attached hydrogen (secondary N) is 1. The van der Waals surface area contributed by atoms with E-state index in [2.05, 4.69) is 5.32 Å². The molecule has 0 aromatic heterocycles. The second-order valence-electron chi connectivity index (χ2n) is 3.73. The quantitative estimate of drug-likeness (QED) is 0.526. The first-order valence-corrected chi connectivity index (χ1v) is 5.93. The molecular formula is C13H21NO2. The summed E-state index contributed by atoms with van der Waals surface area (Å²) in [6, 6.07) is 7.15. The van der Waals surface area contributed by atoms with Gasteiger partial charge in [-0.1, -0.05) is 0 Å². The predicted octanol–water partition coefficient (Wildman–Crippen LogP) is 3.01. The molecule has 0 spiro atoms. The fourth-order valence-corrected chi connectivity index (χ4v) is 1.46. The van der Waals surface area contributed by atoms with E-state index in [4.69, 9.17) is 9.84 Å². The van der Waals surface area contributed by atoms with Crippen LogP contribution in [0.25, 0.3) is 0 Å². The maximum Gasteiger partial charge on any atom is 0.115 e. The van der Waals surface area contributed by atoms with Crippen LogP contribution in [0.15, 0.2) is 24.3 Å². The summed E-state index contributed by atoms with van der Waals surface area (Å²) in [6.45, 7) is 4.67. The summed E-state index contributed by atoms with van der Waals surface area (Å²) in [4.78, 5) is 0. The van der Waals surface area contributed by atoms with E-state index in [1.54, 1.807) is 12.1 Å². The van der Waals surface area contributed by atoms with Gasteiger partial charge in [0.2, 0.25) is 0 Å². The Morgan fingerprint density at radius 2 is 1.88 bits per heavy atom. The van der Waals surface area contributed by atoms with Crippen LogP contribution >= 0.6 is 0 Å². The normalized spacial score (nSPS) is 10.3. The van der Waals surface area contributed by atoms with E-state index in [1.165, 1.54) is 6.42 Å². The molecular weight excluding hydrogens is 202 g/mol. The van der Waals surface area contributed by atoms with Gasteiger partial charge in [0, 0.05) is 25.4 Å². The predicted molar refractivity (Wildman–Crippen MR) is 66.9 cm³/mol. The monoisotopic (exact) mass is 223 g/mol. The lowest BCUT2D eigenvalue weighted by Crippen LogP contribution is -2.02. The Morgan fingerprint density at radius 3 is 2.56 bits per heavy atom. The molecule has 0 fully saturated rings.